The summed E-state index contributed by atoms with van der Waals surface area (Å²) in [4.78, 5) is 15.6. The van der Waals surface area contributed by atoms with Crippen LogP contribution in [0.1, 0.15) is 47.9 Å². The molecule has 3 aromatic rings. The van der Waals surface area contributed by atoms with Crippen molar-refractivity contribution < 1.29 is 19.0 Å². The largest absolute Gasteiger partial charge is 0.490 e. The number of carbonyl (C=O) groups is 1. The Morgan fingerprint density at radius 1 is 0.857 bits per heavy atom. The maximum Gasteiger partial charge on any atom is 0.231 e. The molecule has 1 aliphatic heterocycles. The van der Waals surface area contributed by atoms with Crippen LogP contribution >= 0.6 is 0 Å². The highest BCUT2D eigenvalue weighted by atomic mass is 16.7. The third kappa shape index (κ3) is 4.86. The fraction of sp³-hybridized carbons (Fsp3) is 0.367. The molecule has 2 aliphatic carbocycles. The molecule has 3 aromatic carbocycles. The van der Waals surface area contributed by atoms with E-state index in [4.69, 9.17) is 14.2 Å². The van der Waals surface area contributed by atoms with Gasteiger partial charge in [-0.1, -0.05) is 55.3 Å². The number of fused-ring (bicyclic) bond motifs is 2. The van der Waals surface area contributed by atoms with Crippen LogP contribution < -0.4 is 14.2 Å². The van der Waals surface area contributed by atoms with Crippen molar-refractivity contribution in [3.63, 3.8) is 0 Å². The highest BCUT2D eigenvalue weighted by Gasteiger charge is 2.28. The molecule has 0 spiro atoms. The molecule has 0 N–H and O–H groups in total. The molecule has 0 saturated heterocycles. The Morgan fingerprint density at radius 3 is 2.43 bits per heavy atom. The molecular formula is C30H31NO4. The molecule has 1 fully saturated rings. The SMILES string of the molecule is O=C(Cc1ccc2c(c1)OCO2)N(Cc1cccc(OC2Cc3ccccc3C2)c1)C1CCCC1. The molecule has 0 unspecified atom stereocenters. The van der Waals surface area contributed by atoms with E-state index in [2.05, 4.69) is 41.3 Å². The topological polar surface area (TPSA) is 48.0 Å². The predicted molar refractivity (Wildman–Crippen MR) is 134 cm³/mol. The van der Waals surface area contributed by atoms with Crippen molar-refractivity contribution >= 4 is 5.91 Å². The van der Waals surface area contributed by atoms with Crippen molar-refractivity contribution in [2.45, 2.75) is 63.6 Å². The first-order valence-corrected chi connectivity index (χ1v) is 12.7. The summed E-state index contributed by atoms with van der Waals surface area (Å²) in [6.07, 6.45) is 6.94. The molecule has 35 heavy (non-hydrogen) atoms. The van der Waals surface area contributed by atoms with Crippen molar-refractivity contribution in [1.82, 2.24) is 4.90 Å². The van der Waals surface area contributed by atoms with Crippen molar-refractivity contribution in [2.24, 2.45) is 0 Å². The van der Waals surface area contributed by atoms with Gasteiger partial charge in [-0.2, -0.15) is 0 Å². The molecular weight excluding hydrogens is 438 g/mol. The van der Waals surface area contributed by atoms with E-state index in [0.29, 0.717) is 19.0 Å². The summed E-state index contributed by atoms with van der Waals surface area (Å²) in [7, 11) is 0. The molecule has 5 nitrogen and oxygen atoms in total. The first-order valence-electron chi connectivity index (χ1n) is 12.7. The number of benzene rings is 3. The van der Waals surface area contributed by atoms with Crippen LogP contribution in [-0.2, 0) is 30.6 Å². The van der Waals surface area contributed by atoms with Crippen LogP contribution in [0.25, 0.3) is 0 Å². The molecule has 1 saturated carbocycles. The lowest BCUT2D eigenvalue weighted by Gasteiger charge is -2.29. The van der Waals surface area contributed by atoms with E-state index in [-0.39, 0.29) is 18.8 Å². The fourth-order valence-corrected chi connectivity index (χ4v) is 5.67. The first kappa shape index (κ1) is 22.0. The summed E-state index contributed by atoms with van der Waals surface area (Å²) >= 11 is 0. The van der Waals surface area contributed by atoms with Gasteiger partial charge in [0.2, 0.25) is 12.7 Å². The zero-order valence-corrected chi connectivity index (χ0v) is 19.9. The minimum absolute atomic E-state index is 0.160. The molecule has 0 aromatic heterocycles. The molecule has 180 valence electrons. The lowest BCUT2D eigenvalue weighted by atomic mass is 10.1. The van der Waals surface area contributed by atoms with Gasteiger partial charge in [0.25, 0.3) is 0 Å². The number of rotatable bonds is 7. The second kappa shape index (κ2) is 9.65. The van der Waals surface area contributed by atoms with Gasteiger partial charge in [0, 0.05) is 25.4 Å². The Balaban J connectivity index is 1.15. The predicted octanol–water partition coefficient (Wildman–Crippen LogP) is 5.48. The minimum Gasteiger partial charge on any atom is -0.490 e. The molecule has 6 rings (SSSR count). The quantitative estimate of drug-likeness (QED) is 0.460. The Hall–Kier alpha value is -3.47. The summed E-state index contributed by atoms with van der Waals surface area (Å²) in [6, 6.07) is 23.0. The van der Waals surface area contributed by atoms with Crippen molar-refractivity contribution in [3.8, 4) is 17.2 Å². The monoisotopic (exact) mass is 469 g/mol. The number of ether oxygens (including phenoxy) is 3. The lowest BCUT2D eigenvalue weighted by Crippen LogP contribution is -2.39. The molecule has 0 bridgehead atoms. The van der Waals surface area contributed by atoms with Crippen LogP contribution in [0.3, 0.4) is 0 Å². The van der Waals surface area contributed by atoms with E-state index < -0.39 is 0 Å². The second-order valence-corrected chi connectivity index (χ2v) is 9.89. The molecule has 5 heteroatoms. The van der Waals surface area contributed by atoms with Gasteiger partial charge in [0.15, 0.2) is 11.5 Å². The van der Waals surface area contributed by atoms with Crippen LogP contribution in [0.4, 0.5) is 0 Å². The van der Waals surface area contributed by atoms with Crippen LogP contribution in [0, 0.1) is 0 Å². The maximum atomic E-state index is 13.5. The van der Waals surface area contributed by atoms with E-state index >= 15 is 0 Å². The standard InChI is InChI=1S/C30H31NO4/c32-30(16-21-12-13-28-29(15-21)34-20-33-28)31(25-9-3-4-10-25)19-22-6-5-11-26(14-22)35-27-17-23-7-1-2-8-24(23)18-27/h1-2,5-8,11-15,25,27H,3-4,9-10,16-20H2. The molecule has 1 amide bonds. The van der Waals surface area contributed by atoms with E-state index in [1.54, 1.807) is 0 Å². The number of amides is 1. The van der Waals surface area contributed by atoms with Crippen LogP contribution in [0.2, 0.25) is 0 Å². The molecule has 1 heterocycles. The average molecular weight is 470 g/mol. The van der Waals surface area contributed by atoms with E-state index in [1.165, 1.54) is 24.0 Å². The smallest absolute Gasteiger partial charge is 0.231 e. The highest BCUT2D eigenvalue weighted by Crippen LogP contribution is 2.33. The third-order valence-corrected chi connectivity index (χ3v) is 7.45. The van der Waals surface area contributed by atoms with Crippen LogP contribution in [0.15, 0.2) is 66.7 Å². The zero-order valence-electron chi connectivity index (χ0n) is 19.9. The Morgan fingerprint density at radius 2 is 1.63 bits per heavy atom. The summed E-state index contributed by atoms with van der Waals surface area (Å²) in [5.74, 6) is 2.51. The van der Waals surface area contributed by atoms with Crippen LogP contribution in [-0.4, -0.2) is 29.7 Å². The number of hydrogen-bond donors (Lipinski definition) is 0. The summed E-state index contributed by atoms with van der Waals surface area (Å²) in [5.41, 5.74) is 4.84. The number of hydrogen-bond acceptors (Lipinski definition) is 4. The number of carbonyl (C=O) groups excluding carboxylic acids is 1. The van der Waals surface area contributed by atoms with Crippen molar-refractivity contribution in [3.05, 3.63) is 89.0 Å². The van der Waals surface area contributed by atoms with Gasteiger partial charge in [-0.3, -0.25) is 4.79 Å². The van der Waals surface area contributed by atoms with E-state index in [0.717, 1.165) is 54.1 Å². The highest BCUT2D eigenvalue weighted by molar-refractivity contribution is 5.79. The van der Waals surface area contributed by atoms with Gasteiger partial charge in [-0.05, 0) is 59.4 Å². The first-order chi connectivity index (χ1) is 17.2. The molecule has 0 radical (unpaired) electrons. The van der Waals surface area contributed by atoms with E-state index in [1.807, 2.05) is 30.3 Å². The molecule has 3 aliphatic rings. The third-order valence-electron chi connectivity index (χ3n) is 7.45. The van der Waals surface area contributed by atoms with Crippen molar-refractivity contribution in [1.29, 1.82) is 0 Å². The lowest BCUT2D eigenvalue weighted by molar-refractivity contribution is -0.133. The Bertz CT molecular complexity index is 1190. The van der Waals surface area contributed by atoms with Gasteiger partial charge >= 0.3 is 0 Å². The van der Waals surface area contributed by atoms with Crippen molar-refractivity contribution in [2.75, 3.05) is 6.79 Å². The van der Waals surface area contributed by atoms with Gasteiger partial charge in [0.1, 0.15) is 11.9 Å². The van der Waals surface area contributed by atoms with Gasteiger partial charge in [0.05, 0.1) is 6.42 Å². The molecule has 0 atom stereocenters. The van der Waals surface area contributed by atoms with Gasteiger partial charge in [-0.25, -0.2) is 0 Å². The average Bonchev–Trinajstić information content (AvgIpc) is 3.63. The van der Waals surface area contributed by atoms with Gasteiger partial charge in [-0.15, -0.1) is 0 Å². The number of nitrogens with zero attached hydrogens (tertiary/aromatic N) is 1. The van der Waals surface area contributed by atoms with Gasteiger partial charge < -0.3 is 19.1 Å². The maximum absolute atomic E-state index is 13.5. The van der Waals surface area contributed by atoms with E-state index in [9.17, 15) is 4.79 Å². The Kier molecular flexibility index (Phi) is 6.07. The minimum atomic E-state index is 0.160. The zero-order chi connectivity index (χ0) is 23.6. The fourth-order valence-electron chi connectivity index (χ4n) is 5.67. The normalized spacial score (nSPS) is 16.9. The summed E-state index contributed by atoms with van der Waals surface area (Å²) in [5, 5.41) is 0. The second-order valence-electron chi connectivity index (χ2n) is 9.89. The summed E-state index contributed by atoms with van der Waals surface area (Å²) < 4.78 is 17.3. The summed E-state index contributed by atoms with van der Waals surface area (Å²) in [6.45, 7) is 0.850. The van der Waals surface area contributed by atoms with Crippen LogP contribution in [0.5, 0.6) is 17.2 Å². The Labute approximate surface area is 206 Å².